The van der Waals surface area contributed by atoms with Crippen molar-refractivity contribution < 1.29 is 0 Å². The van der Waals surface area contributed by atoms with Gasteiger partial charge in [0.1, 0.15) is 0 Å². The second-order valence-corrected chi connectivity index (χ2v) is 6.79. The molecule has 0 radical (unpaired) electrons. The molecule has 0 spiro atoms. The molecule has 0 bridgehead atoms. The first-order valence-corrected chi connectivity index (χ1v) is 8.67. The van der Waals surface area contributed by atoms with Gasteiger partial charge < -0.3 is 5.32 Å². The lowest BCUT2D eigenvalue weighted by Crippen LogP contribution is -2.34. The Morgan fingerprint density at radius 2 is 2.26 bits per heavy atom. The van der Waals surface area contributed by atoms with Gasteiger partial charge in [0.15, 0.2) is 0 Å². The highest BCUT2D eigenvalue weighted by Crippen LogP contribution is 2.30. The summed E-state index contributed by atoms with van der Waals surface area (Å²) in [5, 5.41) is 4.61. The molecule has 2 nitrogen and oxygen atoms in total. The molecule has 0 amide bonds. The van der Waals surface area contributed by atoms with Crippen LogP contribution in [0.2, 0.25) is 0 Å². The minimum Gasteiger partial charge on any atom is -0.313 e. The number of hydrogen-bond donors (Lipinski definition) is 1. The van der Waals surface area contributed by atoms with Crippen molar-refractivity contribution in [2.45, 2.75) is 56.7 Å². The van der Waals surface area contributed by atoms with E-state index in [2.05, 4.69) is 35.1 Å². The molecular formula is C16H26N2S. The van der Waals surface area contributed by atoms with Crippen molar-refractivity contribution in [1.82, 2.24) is 10.3 Å². The van der Waals surface area contributed by atoms with Crippen LogP contribution in [0, 0.1) is 0 Å². The van der Waals surface area contributed by atoms with E-state index in [4.69, 9.17) is 0 Å². The van der Waals surface area contributed by atoms with Crippen molar-refractivity contribution in [2.24, 2.45) is 0 Å². The molecule has 1 heterocycles. The van der Waals surface area contributed by atoms with Crippen molar-refractivity contribution >= 4 is 11.8 Å². The molecule has 0 aliphatic heterocycles. The van der Waals surface area contributed by atoms with Gasteiger partial charge in [-0.25, -0.2) is 0 Å². The standard InChI is InChI=1S/C16H26N2S/c1-2-9-18-15(11-14-6-5-10-17-12-14)13-19-16-7-3-4-8-16/h5-6,10,12,15-16,18H,2-4,7-9,11,13H2,1H3. The van der Waals surface area contributed by atoms with E-state index in [1.165, 1.54) is 43.4 Å². The van der Waals surface area contributed by atoms with Crippen molar-refractivity contribution in [1.29, 1.82) is 0 Å². The molecule has 19 heavy (non-hydrogen) atoms. The largest absolute Gasteiger partial charge is 0.313 e. The Morgan fingerprint density at radius 1 is 1.42 bits per heavy atom. The molecule has 1 N–H and O–H groups in total. The molecule has 1 saturated carbocycles. The van der Waals surface area contributed by atoms with Gasteiger partial charge in [-0.2, -0.15) is 11.8 Å². The van der Waals surface area contributed by atoms with Gasteiger partial charge >= 0.3 is 0 Å². The number of nitrogens with zero attached hydrogens (tertiary/aromatic N) is 1. The lowest BCUT2D eigenvalue weighted by atomic mass is 10.1. The first kappa shape index (κ1) is 14.9. The number of aromatic nitrogens is 1. The van der Waals surface area contributed by atoms with Gasteiger partial charge in [0.05, 0.1) is 0 Å². The average molecular weight is 278 g/mol. The van der Waals surface area contributed by atoms with Crippen LogP contribution < -0.4 is 5.32 Å². The van der Waals surface area contributed by atoms with Crippen LogP contribution in [0.1, 0.15) is 44.6 Å². The zero-order chi connectivity index (χ0) is 13.3. The number of rotatable bonds is 8. The molecule has 1 aromatic rings. The number of nitrogens with one attached hydrogen (secondary N) is 1. The van der Waals surface area contributed by atoms with Gasteiger partial charge in [0, 0.05) is 29.4 Å². The van der Waals surface area contributed by atoms with Crippen LogP contribution in [0.5, 0.6) is 0 Å². The first-order chi connectivity index (χ1) is 9.38. The van der Waals surface area contributed by atoms with Gasteiger partial charge in [-0.15, -0.1) is 0 Å². The highest BCUT2D eigenvalue weighted by Gasteiger charge is 2.17. The third-order valence-electron chi connectivity index (χ3n) is 3.72. The smallest absolute Gasteiger partial charge is 0.0300 e. The zero-order valence-corrected chi connectivity index (χ0v) is 12.8. The second kappa shape index (κ2) is 8.60. The van der Waals surface area contributed by atoms with E-state index in [-0.39, 0.29) is 0 Å². The summed E-state index contributed by atoms with van der Waals surface area (Å²) < 4.78 is 0. The maximum absolute atomic E-state index is 4.22. The van der Waals surface area contributed by atoms with E-state index in [1.807, 2.05) is 18.5 Å². The zero-order valence-electron chi connectivity index (χ0n) is 12.0. The fourth-order valence-electron chi connectivity index (χ4n) is 2.65. The van der Waals surface area contributed by atoms with Gasteiger partial charge in [0.2, 0.25) is 0 Å². The molecule has 1 aromatic heterocycles. The SMILES string of the molecule is CCCNC(CSC1CCCC1)Cc1cccnc1. The summed E-state index contributed by atoms with van der Waals surface area (Å²) in [6, 6.07) is 4.82. The molecule has 0 aromatic carbocycles. The number of thioether (sulfide) groups is 1. The van der Waals surface area contributed by atoms with Crippen molar-refractivity contribution in [3.05, 3.63) is 30.1 Å². The van der Waals surface area contributed by atoms with Gasteiger partial charge in [-0.1, -0.05) is 25.8 Å². The van der Waals surface area contributed by atoms with Crippen molar-refractivity contribution in [3.8, 4) is 0 Å². The maximum Gasteiger partial charge on any atom is 0.0300 e. The predicted molar refractivity (Wildman–Crippen MR) is 84.7 cm³/mol. The minimum absolute atomic E-state index is 0.592. The fourth-order valence-corrected chi connectivity index (χ4v) is 4.06. The lowest BCUT2D eigenvalue weighted by molar-refractivity contribution is 0.549. The normalized spacial score (nSPS) is 17.7. The van der Waals surface area contributed by atoms with Gasteiger partial charge in [-0.3, -0.25) is 4.98 Å². The summed E-state index contributed by atoms with van der Waals surface area (Å²) in [6.45, 7) is 3.36. The summed E-state index contributed by atoms with van der Waals surface area (Å²) in [5.41, 5.74) is 1.35. The van der Waals surface area contributed by atoms with Gasteiger partial charge in [0.25, 0.3) is 0 Å². The Morgan fingerprint density at radius 3 is 2.95 bits per heavy atom. The molecular weight excluding hydrogens is 252 g/mol. The van der Waals surface area contributed by atoms with E-state index in [9.17, 15) is 0 Å². The van der Waals surface area contributed by atoms with Crippen LogP contribution >= 0.6 is 11.8 Å². The maximum atomic E-state index is 4.22. The third kappa shape index (κ3) is 5.53. The molecule has 106 valence electrons. The molecule has 1 aliphatic carbocycles. The summed E-state index contributed by atoms with van der Waals surface area (Å²) in [5.74, 6) is 1.24. The average Bonchev–Trinajstić information content (AvgIpc) is 2.96. The summed E-state index contributed by atoms with van der Waals surface area (Å²) in [6.07, 6.45) is 11.9. The fraction of sp³-hybridized carbons (Fsp3) is 0.688. The molecule has 2 rings (SSSR count). The van der Waals surface area contributed by atoms with Crippen LogP contribution in [0.25, 0.3) is 0 Å². The summed E-state index contributed by atoms with van der Waals surface area (Å²) >= 11 is 2.18. The Hall–Kier alpha value is -0.540. The summed E-state index contributed by atoms with van der Waals surface area (Å²) in [4.78, 5) is 4.22. The molecule has 1 fully saturated rings. The number of pyridine rings is 1. The lowest BCUT2D eigenvalue weighted by Gasteiger charge is -2.20. The Balaban J connectivity index is 1.80. The van der Waals surface area contributed by atoms with Crippen LogP contribution in [0.4, 0.5) is 0 Å². The topological polar surface area (TPSA) is 24.9 Å². The van der Waals surface area contributed by atoms with E-state index < -0.39 is 0 Å². The van der Waals surface area contributed by atoms with E-state index in [0.29, 0.717) is 6.04 Å². The summed E-state index contributed by atoms with van der Waals surface area (Å²) in [7, 11) is 0. The van der Waals surface area contributed by atoms with E-state index in [1.54, 1.807) is 0 Å². The highest BCUT2D eigenvalue weighted by atomic mass is 32.2. The Labute approximate surface area is 121 Å². The molecule has 1 unspecified atom stereocenters. The predicted octanol–water partition coefficient (Wildman–Crippen LogP) is 3.67. The van der Waals surface area contributed by atoms with Crippen LogP contribution in [0.15, 0.2) is 24.5 Å². The second-order valence-electron chi connectivity index (χ2n) is 5.46. The molecule has 1 aliphatic rings. The van der Waals surface area contributed by atoms with E-state index in [0.717, 1.165) is 18.2 Å². The Bertz CT molecular complexity index is 336. The van der Waals surface area contributed by atoms with Crippen LogP contribution in [0.3, 0.4) is 0 Å². The molecule has 1 atom stereocenters. The van der Waals surface area contributed by atoms with Crippen LogP contribution in [-0.4, -0.2) is 28.6 Å². The first-order valence-electron chi connectivity index (χ1n) is 7.62. The quantitative estimate of drug-likeness (QED) is 0.785. The third-order valence-corrected chi connectivity index (χ3v) is 5.26. The Kier molecular flexibility index (Phi) is 6.72. The molecule has 0 saturated heterocycles. The van der Waals surface area contributed by atoms with E-state index >= 15 is 0 Å². The van der Waals surface area contributed by atoms with Crippen molar-refractivity contribution in [2.75, 3.05) is 12.3 Å². The highest BCUT2D eigenvalue weighted by molar-refractivity contribution is 7.99. The van der Waals surface area contributed by atoms with Crippen molar-refractivity contribution in [3.63, 3.8) is 0 Å². The number of hydrogen-bond acceptors (Lipinski definition) is 3. The molecule has 3 heteroatoms. The minimum atomic E-state index is 0.592. The monoisotopic (exact) mass is 278 g/mol. The van der Waals surface area contributed by atoms with Gasteiger partial charge in [-0.05, 0) is 43.9 Å². The van der Waals surface area contributed by atoms with Crippen LogP contribution in [-0.2, 0) is 6.42 Å².